The second kappa shape index (κ2) is 8.16. The maximum atomic E-state index is 11.3. The van der Waals surface area contributed by atoms with Crippen molar-refractivity contribution < 1.29 is 42.9 Å². The van der Waals surface area contributed by atoms with Crippen LogP contribution in [0, 0.1) is 0 Å². The average Bonchev–Trinajstić information content (AvgIpc) is 2.31. The Bertz CT molecular complexity index is 441. The van der Waals surface area contributed by atoms with Crippen molar-refractivity contribution in [2.75, 3.05) is 47.5 Å². The number of hydrogen-bond acceptors (Lipinski definition) is 6. The molecule has 0 amide bonds. The van der Waals surface area contributed by atoms with Gasteiger partial charge in [0.25, 0.3) is 0 Å². The molecule has 3 N–H and O–H groups in total. The molecule has 22 heavy (non-hydrogen) atoms. The molecule has 1 unspecified atom stereocenters. The minimum Gasteiger partial charge on any atom is -0.460 e. The summed E-state index contributed by atoms with van der Waals surface area (Å²) >= 11 is 0. The van der Waals surface area contributed by atoms with Gasteiger partial charge in [-0.15, -0.1) is 0 Å². The van der Waals surface area contributed by atoms with E-state index in [1.807, 2.05) is 21.1 Å². The number of quaternary nitrogens is 1. The van der Waals surface area contributed by atoms with E-state index in [0.29, 0.717) is 11.0 Å². The fourth-order valence-electron chi connectivity index (χ4n) is 1.09. The third kappa shape index (κ3) is 8.00. The Balaban J connectivity index is 4.49. The minimum absolute atomic E-state index is 0.142. The zero-order chi connectivity index (χ0) is 17.6. The predicted octanol–water partition coefficient (Wildman–Crippen LogP) is -0.374. The molecule has 0 fully saturated rings. The molecule has 0 radical (unpaired) electrons. The number of ether oxygens (including phenoxy) is 3. The van der Waals surface area contributed by atoms with Gasteiger partial charge in [0.2, 0.25) is 0 Å². The van der Waals surface area contributed by atoms with Crippen molar-refractivity contribution in [1.82, 2.24) is 0 Å². The molecule has 0 rings (SSSR count). The molecule has 0 spiro atoms. The lowest BCUT2D eigenvalue weighted by Crippen LogP contribution is -2.42. The summed E-state index contributed by atoms with van der Waals surface area (Å²) in [7, 11) is 0.429. The number of esters is 1. The molecule has 0 aliphatic carbocycles. The van der Waals surface area contributed by atoms with E-state index in [2.05, 4.69) is 11.3 Å². The second-order valence-electron chi connectivity index (χ2n) is 5.72. The molecule has 0 aromatic heterocycles. The second-order valence-corrected chi connectivity index (χ2v) is 7.37. The highest BCUT2D eigenvalue weighted by Gasteiger charge is 2.49. The van der Waals surface area contributed by atoms with Crippen LogP contribution in [0.1, 0.15) is 6.92 Å². The molecule has 0 bridgehead atoms. The zero-order valence-electron chi connectivity index (χ0n) is 13.3. The highest BCUT2D eigenvalue weighted by Crippen LogP contribution is 2.50. The van der Waals surface area contributed by atoms with Crippen molar-refractivity contribution in [2.24, 2.45) is 0 Å². The number of carbonyl (C=O) groups is 1. The number of carbonyl (C=O) groups excluding carboxylic acids is 1. The van der Waals surface area contributed by atoms with Gasteiger partial charge in [0.15, 0.2) is 0 Å². The van der Waals surface area contributed by atoms with Crippen molar-refractivity contribution in [3.63, 3.8) is 0 Å². The summed E-state index contributed by atoms with van der Waals surface area (Å²) in [6.45, 7) is 4.29. The van der Waals surface area contributed by atoms with Gasteiger partial charge in [-0.1, -0.05) is 6.58 Å². The first kappa shape index (κ1) is 21.2. The summed E-state index contributed by atoms with van der Waals surface area (Å²) in [6.07, 6.45) is 0. The van der Waals surface area contributed by atoms with E-state index in [9.17, 15) is 14.5 Å². The van der Waals surface area contributed by atoms with Crippen LogP contribution < -0.4 is 0 Å². The quantitative estimate of drug-likeness (QED) is 0.123. The van der Waals surface area contributed by atoms with Gasteiger partial charge in [-0.25, -0.2) is 4.79 Å². The molecule has 0 aliphatic heterocycles. The van der Waals surface area contributed by atoms with E-state index in [4.69, 9.17) is 19.3 Å². The summed E-state index contributed by atoms with van der Waals surface area (Å²) < 4.78 is 26.0. The molecule has 10 heteroatoms. The topological polar surface area (TPSA) is 123 Å². The zero-order valence-corrected chi connectivity index (χ0v) is 14.2. The lowest BCUT2D eigenvalue weighted by molar-refractivity contribution is -0.871. The third-order valence-electron chi connectivity index (χ3n) is 2.38. The molecule has 0 heterocycles. The van der Waals surface area contributed by atoms with Crippen LogP contribution in [0.4, 0.5) is 0 Å². The number of hydrogen-bond donors (Lipinski definition) is 3. The molecular weight excluding hydrogens is 317 g/mol. The molecule has 130 valence electrons. The van der Waals surface area contributed by atoms with Crippen LogP contribution in [0.2, 0.25) is 0 Å². The van der Waals surface area contributed by atoms with Crippen LogP contribution in [0.5, 0.6) is 0 Å². The minimum atomic E-state index is -5.11. The van der Waals surface area contributed by atoms with Gasteiger partial charge in [-0.3, -0.25) is 4.57 Å². The molecule has 1 atom stereocenters. The van der Waals surface area contributed by atoms with Crippen LogP contribution in [-0.4, -0.2) is 78.6 Å². The summed E-state index contributed by atoms with van der Waals surface area (Å²) in [6, 6.07) is 0. The standard InChI is InChI=1S/C12H24NO8P/c1-10(2)11(14)19-8-9-21-12(15,22(16,17)18)20-7-6-13(3,4)5/h15H,1,6-9H2,2-5H3,(H-,16,17,18)/p+1. The molecule has 0 saturated heterocycles. The highest BCUT2D eigenvalue weighted by atomic mass is 31.2. The number of likely N-dealkylation sites (N-methyl/N-ethyl adjacent to an activating group) is 1. The Labute approximate surface area is 129 Å². The Morgan fingerprint density at radius 2 is 1.68 bits per heavy atom. The maximum Gasteiger partial charge on any atom is 0.414 e. The Hall–Kier alpha value is -0.800. The molecule has 0 aromatic rings. The van der Waals surface area contributed by atoms with Crippen molar-refractivity contribution in [3.8, 4) is 0 Å². The summed E-state index contributed by atoms with van der Waals surface area (Å²) in [5.41, 5.74) is -2.90. The number of rotatable bonds is 10. The van der Waals surface area contributed by atoms with Crippen LogP contribution in [-0.2, 0) is 23.6 Å². The Morgan fingerprint density at radius 3 is 2.09 bits per heavy atom. The Kier molecular flexibility index (Phi) is 7.87. The highest BCUT2D eigenvalue weighted by molar-refractivity contribution is 7.52. The van der Waals surface area contributed by atoms with E-state index in [0.717, 1.165) is 0 Å². The first-order chi connectivity index (χ1) is 9.78. The molecular formula is C12H25NO8P+. The fraction of sp³-hybridized carbons (Fsp3) is 0.750. The Morgan fingerprint density at radius 1 is 1.18 bits per heavy atom. The summed E-state index contributed by atoms with van der Waals surface area (Å²) in [5, 5.41) is 9.85. The summed E-state index contributed by atoms with van der Waals surface area (Å²) in [5.74, 6) is -0.672. The predicted molar refractivity (Wildman–Crippen MR) is 77.6 cm³/mol. The van der Waals surface area contributed by atoms with Crippen molar-refractivity contribution >= 4 is 13.6 Å². The van der Waals surface area contributed by atoms with Gasteiger partial charge in [0, 0.05) is 5.57 Å². The number of nitrogens with zero attached hydrogens (tertiary/aromatic N) is 1. The van der Waals surface area contributed by atoms with Crippen LogP contribution >= 0.6 is 7.60 Å². The van der Waals surface area contributed by atoms with E-state index < -0.39 is 25.9 Å². The lowest BCUT2D eigenvalue weighted by Gasteiger charge is -2.30. The lowest BCUT2D eigenvalue weighted by atomic mass is 10.4. The van der Waals surface area contributed by atoms with Gasteiger partial charge in [-0.2, -0.15) is 0 Å². The monoisotopic (exact) mass is 342 g/mol. The van der Waals surface area contributed by atoms with Gasteiger partial charge in [0.05, 0.1) is 27.7 Å². The largest absolute Gasteiger partial charge is 0.460 e. The number of aliphatic hydroxyl groups is 1. The van der Waals surface area contributed by atoms with Gasteiger partial charge >= 0.3 is 19.3 Å². The van der Waals surface area contributed by atoms with E-state index in [1.165, 1.54) is 6.92 Å². The smallest absolute Gasteiger partial charge is 0.414 e. The van der Waals surface area contributed by atoms with Gasteiger partial charge in [0.1, 0.15) is 19.8 Å². The molecule has 9 nitrogen and oxygen atoms in total. The first-order valence-electron chi connectivity index (χ1n) is 6.47. The van der Waals surface area contributed by atoms with Crippen LogP contribution in [0.3, 0.4) is 0 Å². The third-order valence-corrected chi connectivity index (χ3v) is 3.37. The molecule has 0 aromatic carbocycles. The van der Waals surface area contributed by atoms with Crippen LogP contribution in [0.15, 0.2) is 12.2 Å². The van der Waals surface area contributed by atoms with Crippen molar-refractivity contribution in [2.45, 2.75) is 12.6 Å². The molecule has 0 aliphatic rings. The van der Waals surface area contributed by atoms with E-state index in [1.54, 1.807) is 0 Å². The fourth-order valence-corrected chi connectivity index (χ4v) is 1.61. The average molecular weight is 342 g/mol. The first-order valence-corrected chi connectivity index (χ1v) is 8.09. The maximum absolute atomic E-state index is 11.3. The van der Waals surface area contributed by atoms with Gasteiger partial charge in [-0.05, 0) is 6.92 Å². The summed E-state index contributed by atoms with van der Waals surface area (Å²) in [4.78, 5) is 29.4. The van der Waals surface area contributed by atoms with E-state index in [-0.39, 0.29) is 18.8 Å². The normalized spacial score (nSPS) is 15.2. The van der Waals surface area contributed by atoms with Crippen molar-refractivity contribution in [1.29, 1.82) is 0 Å². The SMILES string of the molecule is C=C(C)C(=O)OCCOC(O)(OCC[N+](C)(C)C)P(=O)(O)O. The van der Waals surface area contributed by atoms with Crippen LogP contribution in [0.25, 0.3) is 0 Å². The van der Waals surface area contributed by atoms with Gasteiger partial charge < -0.3 is 33.6 Å². The molecule has 0 saturated carbocycles. The van der Waals surface area contributed by atoms with Crippen molar-refractivity contribution in [3.05, 3.63) is 12.2 Å². The van der Waals surface area contributed by atoms with E-state index >= 15 is 0 Å².